The quantitative estimate of drug-likeness (QED) is 0.574. The zero-order chi connectivity index (χ0) is 5.40. The van der Waals surface area contributed by atoms with Gasteiger partial charge in [0.15, 0.2) is 5.16 Å². The van der Waals surface area contributed by atoms with Crippen molar-refractivity contribution in [2.24, 2.45) is 0 Å². The molecule has 0 N–H and O–H groups in total. The number of thioether (sulfide) groups is 1. The van der Waals surface area contributed by atoms with Gasteiger partial charge in [0.1, 0.15) is 0 Å². The molecule has 0 saturated carbocycles. The maximum Gasteiger partial charge on any atom is 0.168 e. The van der Waals surface area contributed by atoms with E-state index in [1.165, 1.54) is 10.9 Å². The van der Waals surface area contributed by atoms with Gasteiger partial charge in [-0.1, -0.05) is 11.8 Å². The first-order valence-corrected chi connectivity index (χ1v) is 3.59. The third-order valence-electron chi connectivity index (χ3n) is 1.24. The van der Waals surface area contributed by atoms with E-state index < -0.39 is 0 Å². The van der Waals surface area contributed by atoms with Crippen molar-refractivity contribution in [2.75, 3.05) is 5.75 Å². The van der Waals surface area contributed by atoms with Crippen LogP contribution in [0.1, 0.15) is 0 Å². The summed E-state index contributed by atoms with van der Waals surface area (Å²) in [7, 11) is 0. The van der Waals surface area contributed by atoms with Gasteiger partial charge in [-0.05, 0) is 0 Å². The normalized spacial score (nSPS) is 14.7. The van der Waals surface area contributed by atoms with Crippen molar-refractivity contribution >= 4 is 24.2 Å². The summed E-state index contributed by atoms with van der Waals surface area (Å²) in [6.45, 7) is 1.14. The monoisotopic (exact) mass is 162 g/mol. The summed E-state index contributed by atoms with van der Waals surface area (Å²) in [4.78, 5) is 4.12. The van der Waals surface area contributed by atoms with Gasteiger partial charge in [0.2, 0.25) is 0 Å². The fourth-order valence-electron chi connectivity index (χ4n) is 0.841. The van der Waals surface area contributed by atoms with E-state index in [1.807, 2.05) is 24.2 Å². The van der Waals surface area contributed by atoms with Gasteiger partial charge < -0.3 is 4.57 Å². The lowest BCUT2D eigenvalue weighted by Crippen LogP contribution is -1.88. The predicted octanol–water partition coefficient (Wildman–Crippen LogP) is 1.41. The van der Waals surface area contributed by atoms with Gasteiger partial charge in [-0.3, -0.25) is 0 Å². The largest absolute Gasteiger partial charge is 0.325 e. The fourth-order valence-corrected chi connectivity index (χ4v) is 1.77. The van der Waals surface area contributed by atoms with Crippen LogP contribution in [0.4, 0.5) is 0 Å². The van der Waals surface area contributed by atoms with Crippen LogP contribution in [0, 0.1) is 0 Å². The van der Waals surface area contributed by atoms with E-state index in [0.29, 0.717) is 0 Å². The minimum atomic E-state index is 0. The second-order valence-electron chi connectivity index (χ2n) is 1.75. The third-order valence-corrected chi connectivity index (χ3v) is 2.23. The standard InChI is InChI=1S/C5H6N2S.ClH/c1-2-7-3-4-8-5(7)6-1;/h1-2H,3-4H2;1H. The SMILES string of the molecule is Cl.c1cn2c(n1)SCC2. The summed E-state index contributed by atoms with van der Waals surface area (Å²) >= 11 is 1.83. The number of hydrogen-bond donors (Lipinski definition) is 0. The van der Waals surface area contributed by atoms with E-state index in [2.05, 4.69) is 9.55 Å². The lowest BCUT2D eigenvalue weighted by atomic mass is 10.7. The van der Waals surface area contributed by atoms with E-state index >= 15 is 0 Å². The molecule has 2 heterocycles. The van der Waals surface area contributed by atoms with Crippen LogP contribution in [0.5, 0.6) is 0 Å². The molecule has 1 aromatic rings. The van der Waals surface area contributed by atoms with Crippen molar-refractivity contribution < 1.29 is 0 Å². The van der Waals surface area contributed by atoms with Gasteiger partial charge in [-0.15, -0.1) is 12.4 Å². The van der Waals surface area contributed by atoms with Crippen molar-refractivity contribution in [3.05, 3.63) is 12.4 Å². The number of hydrogen-bond acceptors (Lipinski definition) is 2. The van der Waals surface area contributed by atoms with Crippen LogP contribution in [0.25, 0.3) is 0 Å². The van der Waals surface area contributed by atoms with E-state index in [4.69, 9.17) is 0 Å². The van der Waals surface area contributed by atoms with Gasteiger partial charge in [-0.2, -0.15) is 0 Å². The molecule has 0 bridgehead atoms. The van der Waals surface area contributed by atoms with Crippen molar-refractivity contribution in [1.82, 2.24) is 9.55 Å². The fraction of sp³-hybridized carbons (Fsp3) is 0.400. The summed E-state index contributed by atoms with van der Waals surface area (Å²) in [6.07, 6.45) is 3.87. The molecule has 1 aliphatic rings. The highest BCUT2D eigenvalue weighted by atomic mass is 35.5. The Balaban J connectivity index is 0.000000405. The molecular formula is C5H7ClN2S. The van der Waals surface area contributed by atoms with Gasteiger partial charge in [0, 0.05) is 24.7 Å². The molecule has 0 atom stereocenters. The number of aromatic nitrogens is 2. The van der Waals surface area contributed by atoms with Crippen molar-refractivity contribution in [2.45, 2.75) is 11.7 Å². The Morgan fingerprint density at radius 1 is 1.67 bits per heavy atom. The number of nitrogens with zero attached hydrogens (tertiary/aromatic N) is 2. The highest BCUT2D eigenvalue weighted by molar-refractivity contribution is 7.99. The van der Waals surface area contributed by atoms with E-state index in [0.717, 1.165) is 6.54 Å². The first-order chi connectivity index (χ1) is 3.97. The molecule has 4 heteroatoms. The van der Waals surface area contributed by atoms with Crippen LogP contribution in [-0.4, -0.2) is 15.3 Å². The molecule has 1 aromatic heterocycles. The Kier molecular flexibility index (Phi) is 2.03. The Morgan fingerprint density at radius 3 is 3.33 bits per heavy atom. The van der Waals surface area contributed by atoms with Crippen LogP contribution in [0.15, 0.2) is 17.6 Å². The number of imidazole rings is 1. The molecule has 2 nitrogen and oxygen atoms in total. The Morgan fingerprint density at radius 2 is 2.56 bits per heavy atom. The van der Waals surface area contributed by atoms with Gasteiger partial charge in [0.25, 0.3) is 0 Å². The highest BCUT2D eigenvalue weighted by Crippen LogP contribution is 2.21. The maximum atomic E-state index is 4.12. The van der Waals surface area contributed by atoms with Gasteiger partial charge in [-0.25, -0.2) is 4.98 Å². The molecule has 50 valence electrons. The predicted molar refractivity (Wildman–Crippen MR) is 40.2 cm³/mol. The van der Waals surface area contributed by atoms with Crippen LogP contribution < -0.4 is 0 Å². The lowest BCUT2D eigenvalue weighted by molar-refractivity contribution is 0.719. The van der Waals surface area contributed by atoms with E-state index in [-0.39, 0.29) is 12.4 Å². The summed E-state index contributed by atoms with van der Waals surface area (Å²) < 4.78 is 2.17. The molecule has 9 heavy (non-hydrogen) atoms. The second kappa shape index (κ2) is 2.62. The average molecular weight is 163 g/mol. The smallest absolute Gasteiger partial charge is 0.168 e. The molecule has 0 spiro atoms. The topological polar surface area (TPSA) is 17.8 Å². The molecule has 0 aromatic carbocycles. The first kappa shape index (κ1) is 6.96. The summed E-state index contributed by atoms with van der Waals surface area (Å²) in [5.41, 5.74) is 0. The number of rotatable bonds is 0. The Labute approximate surface area is 64.1 Å². The molecule has 0 radical (unpaired) electrons. The Hall–Kier alpha value is -0.150. The molecule has 0 amide bonds. The lowest BCUT2D eigenvalue weighted by Gasteiger charge is -1.86. The number of aryl methyl sites for hydroxylation is 1. The second-order valence-corrected chi connectivity index (χ2v) is 2.81. The molecular weight excluding hydrogens is 156 g/mol. The number of fused-ring (bicyclic) bond motifs is 1. The molecule has 0 saturated heterocycles. The summed E-state index contributed by atoms with van der Waals surface area (Å²) in [5, 5.41) is 1.17. The van der Waals surface area contributed by atoms with Crippen LogP contribution in [0.3, 0.4) is 0 Å². The van der Waals surface area contributed by atoms with Crippen LogP contribution in [0.2, 0.25) is 0 Å². The van der Waals surface area contributed by atoms with E-state index in [9.17, 15) is 0 Å². The Bertz CT molecular complexity index is 180. The van der Waals surface area contributed by atoms with Crippen molar-refractivity contribution in [3.8, 4) is 0 Å². The molecule has 2 rings (SSSR count). The average Bonchev–Trinajstić information content (AvgIpc) is 2.15. The summed E-state index contributed by atoms with van der Waals surface area (Å²) in [5.74, 6) is 1.20. The van der Waals surface area contributed by atoms with E-state index in [1.54, 1.807) is 0 Å². The highest BCUT2D eigenvalue weighted by Gasteiger charge is 2.08. The summed E-state index contributed by atoms with van der Waals surface area (Å²) in [6, 6.07) is 0. The molecule has 1 aliphatic heterocycles. The van der Waals surface area contributed by atoms with Crippen molar-refractivity contribution in [3.63, 3.8) is 0 Å². The molecule has 0 fully saturated rings. The zero-order valence-corrected chi connectivity index (χ0v) is 6.41. The zero-order valence-electron chi connectivity index (χ0n) is 4.78. The minimum Gasteiger partial charge on any atom is -0.325 e. The van der Waals surface area contributed by atoms with Crippen molar-refractivity contribution in [1.29, 1.82) is 0 Å². The third kappa shape index (κ3) is 1.07. The maximum absolute atomic E-state index is 4.12. The first-order valence-electron chi connectivity index (χ1n) is 2.61. The van der Waals surface area contributed by atoms with Gasteiger partial charge >= 0.3 is 0 Å². The van der Waals surface area contributed by atoms with Gasteiger partial charge in [0.05, 0.1) is 0 Å². The molecule has 0 aliphatic carbocycles. The number of halogens is 1. The minimum absolute atomic E-state index is 0. The van der Waals surface area contributed by atoms with Crippen LogP contribution >= 0.6 is 24.2 Å². The molecule has 0 unspecified atom stereocenters. The van der Waals surface area contributed by atoms with Crippen LogP contribution in [-0.2, 0) is 6.54 Å².